The Kier molecular flexibility index (Phi) is 4.82. The minimum absolute atomic E-state index is 0.00532. The van der Waals surface area contributed by atoms with Crippen molar-refractivity contribution in [2.45, 2.75) is 26.3 Å². The molecular weight excluding hydrogens is 356 g/mol. The molecule has 0 aliphatic carbocycles. The van der Waals surface area contributed by atoms with Crippen LogP contribution >= 0.6 is 11.6 Å². The van der Waals surface area contributed by atoms with Gasteiger partial charge in [0.25, 0.3) is 5.56 Å². The van der Waals surface area contributed by atoms with Gasteiger partial charge in [-0.2, -0.15) is 4.98 Å². The highest BCUT2D eigenvalue weighted by atomic mass is 35.5. The zero-order valence-corrected chi connectivity index (χ0v) is 15.6. The summed E-state index contributed by atoms with van der Waals surface area (Å²) in [5.41, 5.74) is 0.962. The fourth-order valence-corrected chi connectivity index (χ4v) is 3.17. The Labute approximate surface area is 154 Å². The fraction of sp³-hybridized carbons (Fsp3) is 0.333. The van der Waals surface area contributed by atoms with Gasteiger partial charge in [0.2, 0.25) is 5.28 Å². The molecule has 0 aliphatic rings. The van der Waals surface area contributed by atoms with E-state index in [2.05, 4.69) is 11.9 Å². The van der Waals surface area contributed by atoms with Crippen molar-refractivity contribution >= 4 is 28.5 Å². The Balaban J connectivity index is 2.03. The third-order valence-electron chi connectivity index (χ3n) is 4.42. The molecule has 7 nitrogen and oxygen atoms in total. The summed E-state index contributed by atoms with van der Waals surface area (Å²) < 4.78 is 3.56. The summed E-state index contributed by atoms with van der Waals surface area (Å²) >= 11 is 6.15. The molecule has 0 radical (unpaired) electrons. The van der Waals surface area contributed by atoms with Crippen LogP contribution in [0.5, 0.6) is 0 Å². The number of benzene rings is 1. The third-order valence-corrected chi connectivity index (χ3v) is 4.71. The van der Waals surface area contributed by atoms with Crippen LogP contribution in [-0.4, -0.2) is 24.5 Å². The number of ketones is 1. The van der Waals surface area contributed by atoms with Crippen molar-refractivity contribution in [3.8, 4) is 0 Å². The maximum atomic E-state index is 12.6. The Bertz CT molecular complexity index is 1110. The second-order valence-corrected chi connectivity index (χ2v) is 6.55. The van der Waals surface area contributed by atoms with E-state index in [1.54, 1.807) is 12.1 Å². The molecule has 0 saturated carbocycles. The predicted molar refractivity (Wildman–Crippen MR) is 100.0 cm³/mol. The number of aromatic nitrogens is 4. The molecule has 0 saturated heterocycles. The smallest absolute Gasteiger partial charge is 0.301 e. The first kappa shape index (κ1) is 18.1. The number of imidazole rings is 1. The van der Waals surface area contributed by atoms with Gasteiger partial charge in [-0.05, 0) is 23.6 Å². The molecule has 0 spiro atoms. The Morgan fingerprint density at radius 1 is 1.12 bits per heavy atom. The number of halogens is 1. The van der Waals surface area contributed by atoms with Crippen molar-refractivity contribution in [3.05, 3.63) is 61.5 Å². The summed E-state index contributed by atoms with van der Waals surface area (Å²) in [7, 11) is 2.88. The van der Waals surface area contributed by atoms with Gasteiger partial charge in [0.05, 0.1) is 6.54 Å². The van der Waals surface area contributed by atoms with E-state index in [4.69, 9.17) is 11.6 Å². The first-order chi connectivity index (χ1) is 12.3. The molecule has 0 unspecified atom stereocenters. The fourth-order valence-electron chi connectivity index (χ4n) is 2.95. The number of fused-ring (bicyclic) bond motifs is 1. The van der Waals surface area contributed by atoms with E-state index in [0.717, 1.165) is 17.4 Å². The van der Waals surface area contributed by atoms with Crippen LogP contribution in [0, 0.1) is 0 Å². The van der Waals surface area contributed by atoms with Gasteiger partial charge in [0.15, 0.2) is 16.9 Å². The molecule has 0 amide bonds. The van der Waals surface area contributed by atoms with Gasteiger partial charge in [-0.25, -0.2) is 4.79 Å². The van der Waals surface area contributed by atoms with Crippen LogP contribution < -0.4 is 11.2 Å². The lowest BCUT2D eigenvalue weighted by Gasteiger charge is -2.07. The molecular formula is C18H19ClN4O3. The standard InChI is InChI=1S/C18H19ClN4O3/c1-4-5-11-6-8-12(9-7-11)13(24)10-23-14-15(20-17(23)19)21(2)18(26)22(3)16(14)25/h6-9H,4-5,10H2,1-3H3. The second kappa shape index (κ2) is 6.92. The number of nitrogens with zero attached hydrogens (tertiary/aromatic N) is 4. The van der Waals surface area contributed by atoms with Gasteiger partial charge in [0.1, 0.15) is 0 Å². The zero-order chi connectivity index (χ0) is 19.0. The van der Waals surface area contributed by atoms with E-state index < -0.39 is 11.2 Å². The van der Waals surface area contributed by atoms with Gasteiger partial charge < -0.3 is 4.57 Å². The molecule has 0 N–H and O–H groups in total. The molecule has 0 fully saturated rings. The van der Waals surface area contributed by atoms with Crippen LogP contribution in [0.25, 0.3) is 11.2 Å². The van der Waals surface area contributed by atoms with Gasteiger partial charge in [-0.15, -0.1) is 0 Å². The van der Waals surface area contributed by atoms with Crippen molar-refractivity contribution in [3.63, 3.8) is 0 Å². The van der Waals surface area contributed by atoms with E-state index in [0.29, 0.717) is 5.56 Å². The lowest BCUT2D eigenvalue weighted by atomic mass is 10.1. The Morgan fingerprint density at radius 2 is 1.77 bits per heavy atom. The molecule has 3 rings (SSSR count). The number of rotatable bonds is 5. The number of aryl methyl sites for hydroxylation is 2. The van der Waals surface area contributed by atoms with Gasteiger partial charge in [-0.3, -0.25) is 18.7 Å². The molecule has 136 valence electrons. The molecule has 1 aromatic carbocycles. The van der Waals surface area contributed by atoms with Gasteiger partial charge >= 0.3 is 5.69 Å². The molecule has 2 heterocycles. The average Bonchev–Trinajstić information content (AvgIpc) is 2.95. The number of carbonyl (C=O) groups excluding carboxylic acids is 1. The highest BCUT2D eigenvalue weighted by molar-refractivity contribution is 6.29. The number of hydrogen-bond acceptors (Lipinski definition) is 4. The highest BCUT2D eigenvalue weighted by Gasteiger charge is 2.20. The number of carbonyl (C=O) groups is 1. The minimum Gasteiger partial charge on any atom is -0.301 e. The molecule has 0 bridgehead atoms. The monoisotopic (exact) mass is 374 g/mol. The van der Waals surface area contributed by atoms with Crippen LogP contribution in [0.3, 0.4) is 0 Å². The van der Waals surface area contributed by atoms with E-state index in [1.165, 1.54) is 28.8 Å². The molecule has 8 heteroatoms. The summed E-state index contributed by atoms with van der Waals surface area (Å²) in [5, 5.41) is -0.00532. The molecule has 0 aliphatic heterocycles. The van der Waals surface area contributed by atoms with Crippen molar-refractivity contribution in [2.75, 3.05) is 0 Å². The maximum absolute atomic E-state index is 12.6. The quantitative estimate of drug-likeness (QED) is 0.505. The minimum atomic E-state index is -0.534. The number of hydrogen-bond donors (Lipinski definition) is 0. The van der Waals surface area contributed by atoms with Crippen molar-refractivity contribution in [2.24, 2.45) is 14.1 Å². The normalized spacial score (nSPS) is 11.2. The highest BCUT2D eigenvalue weighted by Crippen LogP contribution is 2.17. The van der Waals surface area contributed by atoms with E-state index in [-0.39, 0.29) is 28.8 Å². The third kappa shape index (κ3) is 2.99. The molecule has 26 heavy (non-hydrogen) atoms. The van der Waals surface area contributed by atoms with E-state index >= 15 is 0 Å². The maximum Gasteiger partial charge on any atom is 0.332 e. The van der Waals surface area contributed by atoms with Crippen LogP contribution in [-0.2, 0) is 27.1 Å². The van der Waals surface area contributed by atoms with Gasteiger partial charge in [-0.1, -0.05) is 37.6 Å². The summed E-state index contributed by atoms with van der Waals surface area (Å²) in [6.07, 6.45) is 1.99. The van der Waals surface area contributed by atoms with Crippen LogP contribution in [0.2, 0.25) is 5.28 Å². The van der Waals surface area contributed by atoms with Crippen molar-refractivity contribution in [1.82, 2.24) is 18.7 Å². The summed E-state index contributed by atoms with van der Waals surface area (Å²) in [6, 6.07) is 7.39. The average molecular weight is 375 g/mol. The summed E-state index contributed by atoms with van der Waals surface area (Å²) in [6.45, 7) is 1.97. The van der Waals surface area contributed by atoms with Crippen molar-refractivity contribution < 1.29 is 4.79 Å². The molecule has 2 aromatic heterocycles. The van der Waals surface area contributed by atoms with E-state index in [1.807, 2.05) is 12.1 Å². The molecule has 3 aromatic rings. The van der Waals surface area contributed by atoms with Crippen LogP contribution in [0.1, 0.15) is 29.3 Å². The SMILES string of the molecule is CCCc1ccc(C(=O)Cn2c(Cl)nc3c2c(=O)n(C)c(=O)n3C)cc1. The lowest BCUT2D eigenvalue weighted by Crippen LogP contribution is -2.37. The van der Waals surface area contributed by atoms with Crippen molar-refractivity contribution in [1.29, 1.82) is 0 Å². The van der Waals surface area contributed by atoms with E-state index in [9.17, 15) is 14.4 Å². The number of Topliss-reactive ketones (excluding diaryl/α,β-unsaturated/α-hetero) is 1. The summed E-state index contributed by atoms with van der Waals surface area (Å²) in [4.78, 5) is 41.2. The lowest BCUT2D eigenvalue weighted by molar-refractivity contribution is 0.0973. The topological polar surface area (TPSA) is 78.9 Å². The zero-order valence-electron chi connectivity index (χ0n) is 14.8. The first-order valence-electron chi connectivity index (χ1n) is 8.29. The Hall–Kier alpha value is -2.67. The second-order valence-electron chi connectivity index (χ2n) is 6.22. The molecule has 0 atom stereocenters. The first-order valence-corrected chi connectivity index (χ1v) is 8.66. The largest absolute Gasteiger partial charge is 0.332 e. The van der Waals surface area contributed by atoms with Gasteiger partial charge in [0, 0.05) is 19.7 Å². The Morgan fingerprint density at radius 3 is 2.38 bits per heavy atom. The van der Waals surface area contributed by atoms with Crippen LogP contribution in [0.15, 0.2) is 33.9 Å². The summed E-state index contributed by atoms with van der Waals surface area (Å²) in [5.74, 6) is -0.190. The predicted octanol–water partition coefficient (Wildman–Crippen LogP) is 1.92. The van der Waals surface area contributed by atoms with Crippen LogP contribution in [0.4, 0.5) is 0 Å².